The molecule has 142 valence electrons. The summed E-state index contributed by atoms with van der Waals surface area (Å²) in [6.07, 6.45) is 6.48. The molecule has 0 fully saturated rings. The second kappa shape index (κ2) is 6.93. The van der Waals surface area contributed by atoms with Gasteiger partial charge in [0.15, 0.2) is 5.82 Å². The second-order valence-electron chi connectivity index (χ2n) is 6.25. The zero-order valence-electron chi connectivity index (χ0n) is 15.3. The number of aryl methyl sites for hydroxylation is 1. The molecule has 8 nitrogen and oxygen atoms in total. The molecule has 0 aliphatic rings. The van der Waals surface area contributed by atoms with E-state index >= 15 is 0 Å². The minimum Gasteiger partial charge on any atom is -0.279 e. The Kier molecular flexibility index (Phi) is 4.44. The van der Waals surface area contributed by atoms with Crippen LogP contribution >= 0.6 is 0 Å². The van der Waals surface area contributed by atoms with E-state index in [0.29, 0.717) is 17.2 Å². The Hall–Kier alpha value is -3.46. The van der Waals surface area contributed by atoms with Crippen molar-refractivity contribution in [3.8, 4) is 11.5 Å². The van der Waals surface area contributed by atoms with E-state index < -0.39 is 10.0 Å². The highest BCUT2D eigenvalue weighted by atomic mass is 32.2. The number of rotatable bonds is 5. The minimum atomic E-state index is -3.80. The third-order valence-electron chi connectivity index (χ3n) is 4.34. The van der Waals surface area contributed by atoms with Gasteiger partial charge in [-0.25, -0.2) is 22.8 Å². The molecule has 0 saturated heterocycles. The zero-order valence-corrected chi connectivity index (χ0v) is 16.1. The number of hydrogen-bond acceptors (Lipinski definition) is 5. The first kappa shape index (κ1) is 17.9. The summed E-state index contributed by atoms with van der Waals surface area (Å²) in [7, 11) is -3.80. The molecule has 4 rings (SSSR count). The molecule has 0 aliphatic carbocycles. The van der Waals surface area contributed by atoms with E-state index in [0.717, 1.165) is 11.3 Å². The van der Waals surface area contributed by atoms with Crippen molar-refractivity contribution in [2.45, 2.75) is 18.7 Å². The van der Waals surface area contributed by atoms with E-state index in [1.54, 1.807) is 42.2 Å². The number of aromatic nitrogens is 5. The lowest BCUT2D eigenvalue weighted by molar-refractivity contribution is 0.600. The lowest BCUT2D eigenvalue weighted by Crippen LogP contribution is -2.15. The third kappa shape index (κ3) is 3.27. The summed E-state index contributed by atoms with van der Waals surface area (Å²) in [5.41, 5.74) is 2.62. The van der Waals surface area contributed by atoms with Crippen LogP contribution in [0.4, 0.5) is 5.69 Å². The molecule has 0 radical (unpaired) electrons. The molecule has 0 atom stereocenters. The van der Waals surface area contributed by atoms with Gasteiger partial charge >= 0.3 is 0 Å². The van der Waals surface area contributed by atoms with Crippen molar-refractivity contribution in [1.29, 1.82) is 0 Å². The highest BCUT2D eigenvalue weighted by Gasteiger charge is 2.22. The fourth-order valence-electron chi connectivity index (χ4n) is 2.89. The van der Waals surface area contributed by atoms with Crippen molar-refractivity contribution in [2.24, 2.45) is 0 Å². The van der Waals surface area contributed by atoms with Gasteiger partial charge < -0.3 is 0 Å². The Morgan fingerprint density at radius 3 is 2.54 bits per heavy atom. The number of pyridine rings is 1. The van der Waals surface area contributed by atoms with Crippen LogP contribution < -0.4 is 4.72 Å². The van der Waals surface area contributed by atoms with Crippen LogP contribution in [0, 0.1) is 13.8 Å². The van der Waals surface area contributed by atoms with Gasteiger partial charge in [-0.05, 0) is 55.8 Å². The molecule has 0 amide bonds. The van der Waals surface area contributed by atoms with Crippen molar-refractivity contribution in [3.63, 3.8) is 0 Å². The van der Waals surface area contributed by atoms with Crippen molar-refractivity contribution >= 4 is 15.7 Å². The lowest BCUT2D eigenvalue weighted by Gasteiger charge is -2.12. The number of sulfonamides is 1. The maximum atomic E-state index is 12.9. The van der Waals surface area contributed by atoms with Crippen LogP contribution in [0.25, 0.3) is 11.5 Å². The average molecular weight is 394 g/mol. The molecule has 0 spiro atoms. The van der Waals surface area contributed by atoms with Crippen LogP contribution in [-0.2, 0) is 10.0 Å². The fraction of sp³-hybridized carbons (Fsp3) is 0.105. The smallest absolute Gasteiger partial charge is 0.265 e. The molecule has 28 heavy (non-hydrogen) atoms. The van der Waals surface area contributed by atoms with Crippen LogP contribution in [0.1, 0.15) is 11.3 Å². The molecular formula is C19H18N6O2S. The van der Waals surface area contributed by atoms with Crippen molar-refractivity contribution in [2.75, 3.05) is 4.72 Å². The summed E-state index contributed by atoms with van der Waals surface area (Å²) in [5.74, 6) is 0.557. The van der Waals surface area contributed by atoms with E-state index in [9.17, 15) is 8.42 Å². The third-order valence-corrected chi connectivity index (χ3v) is 5.81. The number of anilines is 1. The normalized spacial score (nSPS) is 11.5. The van der Waals surface area contributed by atoms with E-state index in [-0.39, 0.29) is 4.90 Å². The van der Waals surface area contributed by atoms with E-state index in [2.05, 4.69) is 19.9 Å². The first-order valence-electron chi connectivity index (χ1n) is 8.55. The predicted molar refractivity (Wildman–Crippen MR) is 105 cm³/mol. The van der Waals surface area contributed by atoms with Crippen molar-refractivity contribution < 1.29 is 8.42 Å². The molecule has 1 aromatic carbocycles. The van der Waals surface area contributed by atoms with Gasteiger partial charge in [0.05, 0.1) is 23.3 Å². The van der Waals surface area contributed by atoms with Crippen molar-refractivity contribution in [1.82, 2.24) is 24.5 Å². The maximum Gasteiger partial charge on any atom is 0.265 e. The molecule has 0 bridgehead atoms. The van der Waals surface area contributed by atoms with Gasteiger partial charge in [0.2, 0.25) is 0 Å². The molecular weight excluding hydrogens is 376 g/mol. The number of nitrogens with one attached hydrogen (secondary N) is 1. The standard InChI is InChI=1S/C19H18N6O2S/c1-14-12-16(24-11-5-10-21-24)7-8-17(14)23-28(26,27)18-13-22-25(15(18)2)19-6-3-4-9-20-19/h3-13,23H,1-2H3. The largest absolute Gasteiger partial charge is 0.279 e. The summed E-state index contributed by atoms with van der Waals surface area (Å²) in [4.78, 5) is 4.32. The first-order valence-corrected chi connectivity index (χ1v) is 10.0. The summed E-state index contributed by atoms with van der Waals surface area (Å²) in [5, 5.41) is 8.37. The quantitative estimate of drug-likeness (QED) is 0.562. The van der Waals surface area contributed by atoms with Crippen molar-refractivity contribution in [3.05, 3.63) is 78.5 Å². The monoisotopic (exact) mass is 394 g/mol. The second-order valence-corrected chi connectivity index (χ2v) is 7.90. The first-order chi connectivity index (χ1) is 13.5. The molecule has 4 aromatic rings. The lowest BCUT2D eigenvalue weighted by atomic mass is 10.2. The van der Waals surface area contributed by atoms with Gasteiger partial charge in [-0.1, -0.05) is 6.07 Å². The predicted octanol–water partition coefficient (Wildman–Crippen LogP) is 2.87. The van der Waals surface area contributed by atoms with E-state index in [1.807, 2.05) is 37.4 Å². The van der Waals surface area contributed by atoms with Crippen LogP contribution in [0.5, 0.6) is 0 Å². The Labute approximate surface area is 162 Å². The molecule has 0 saturated carbocycles. The average Bonchev–Trinajstić information content (AvgIpc) is 3.34. The van der Waals surface area contributed by atoms with Gasteiger partial charge in [-0.3, -0.25) is 4.72 Å². The molecule has 3 heterocycles. The molecule has 3 aromatic heterocycles. The van der Waals surface area contributed by atoms with Crippen LogP contribution in [0.2, 0.25) is 0 Å². The fourth-order valence-corrected chi connectivity index (χ4v) is 4.18. The zero-order chi connectivity index (χ0) is 19.7. The summed E-state index contributed by atoms with van der Waals surface area (Å²) < 4.78 is 31.7. The topological polar surface area (TPSA) is 94.7 Å². The number of benzene rings is 1. The summed E-state index contributed by atoms with van der Waals surface area (Å²) >= 11 is 0. The molecule has 0 unspecified atom stereocenters. The van der Waals surface area contributed by atoms with Crippen LogP contribution in [0.15, 0.2) is 72.1 Å². The Morgan fingerprint density at radius 1 is 1.00 bits per heavy atom. The van der Waals surface area contributed by atoms with Crippen LogP contribution in [-0.4, -0.2) is 33.0 Å². The Morgan fingerprint density at radius 2 is 1.86 bits per heavy atom. The van der Waals surface area contributed by atoms with Gasteiger partial charge in [0.1, 0.15) is 4.90 Å². The maximum absolute atomic E-state index is 12.9. The van der Waals surface area contributed by atoms with E-state index in [1.165, 1.54) is 10.9 Å². The van der Waals surface area contributed by atoms with Gasteiger partial charge in [0, 0.05) is 18.6 Å². The Balaban J connectivity index is 1.64. The van der Waals surface area contributed by atoms with Gasteiger partial charge in [-0.2, -0.15) is 10.2 Å². The van der Waals surface area contributed by atoms with Gasteiger partial charge in [0.25, 0.3) is 10.0 Å². The Bertz CT molecular complexity index is 1210. The summed E-state index contributed by atoms with van der Waals surface area (Å²) in [6, 6.07) is 12.6. The van der Waals surface area contributed by atoms with Crippen LogP contribution in [0.3, 0.4) is 0 Å². The molecule has 0 aliphatic heterocycles. The number of nitrogens with zero attached hydrogens (tertiary/aromatic N) is 5. The van der Waals surface area contributed by atoms with E-state index in [4.69, 9.17) is 0 Å². The highest BCUT2D eigenvalue weighted by molar-refractivity contribution is 7.92. The highest BCUT2D eigenvalue weighted by Crippen LogP contribution is 2.24. The molecule has 1 N–H and O–H groups in total. The molecule has 9 heteroatoms. The van der Waals surface area contributed by atoms with Gasteiger partial charge in [-0.15, -0.1) is 0 Å². The number of hydrogen-bond donors (Lipinski definition) is 1. The summed E-state index contributed by atoms with van der Waals surface area (Å²) in [6.45, 7) is 3.54. The minimum absolute atomic E-state index is 0.105. The SMILES string of the molecule is Cc1cc(-n2cccn2)ccc1NS(=O)(=O)c1cnn(-c2ccccn2)c1C.